The molecule has 0 spiro atoms. The maximum atomic E-state index is 13.1. The van der Waals surface area contributed by atoms with E-state index in [1.54, 1.807) is 0 Å². The van der Waals surface area contributed by atoms with Crippen molar-refractivity contribution in [2.24, 2.45) is 0 Å². The molecule has 0 bridgehead atoms. The number of halogens is 6. The molecule has 0 aliphatic carbocycles. The van der Waals surface area contributed by atoms with Gasteiger partial charge >= 0.3 is 12.4 Å². The van der Waals surface area contributed by atoms with Gasteiger partial charge in [-0.25, -0.2) is 24.6 Å². The molecular formula is C17H8F6N8O. The van der Waals surface area contributed by atoms with Gasteiger partial charge in [0.2, 0.25) is 12.3 Å². The molecule has 15 heteroatoms. The van der Waals surface area contributed by atoms with Gasteiger partial charge in [0.05, 0.1) is 5.57 Å². The molecule has 0 atom stereocenters. The van der Waals surface area contributed by atoms with Crippen LogP contribution in [0.1, 0.15) is 22.8 Å². The van der Waals surface area contributed by atoms with Crippen LogP contribution in [0.4, 0.5) is 26.3 Å². The first-order chi connectivity index (χ1) is 15.1. The normalized spacial score (nSPS) is 12.9. The fraction of sp³-hybridized carbons (Fsp3) is 0.118. The summed E-state index contributed by atoms with van der Waals surface area (Å²) in [5.41, 5.74) is -3.25. The van der Waals surface area contributed by atoms with Gasteiger partial charge in [0.15, 0.2) is 5.82 Å². The minimum atomic E-state index is -5.10. The highest BCUT2D eigenvalue weighted by atomic mass is 19.4. The van der Waals surface area contributed by atoms with Crippen LogP contribution in [-0.2, 0) is 12.4 Å². The minimum Gasteiger partial charge on any atom is -0.423 e. The Morgan fingerprint density at radius 3 is 2.19 bits per heavy atom. The third-order valence-electron chi connectivity index (χ3n) is 3.90. The number of pyridine rings is 1. The maximum Gasteiger partial charge on any atom is 0.433 e. The van der Waals surface area contributed by atoms with E-state index < -0.39 is 35.1 Å². The Hall–Kier alpha value is -4.17. The average molecular weight is 454 g/mol. The Morgan fingerprint density at radius 2 is 1.62 bits per heavy atom. The lowest BCUT2D eigenvalue weighted by atomic mass is 10.1. The molecule has 0 unspecified atom stereocenters. The third kappa shape index (κ3) is 4.45. The maximum absolute atomic E-state index is 13.1. The first-order valence-electron chi connectivity index (χ1n) is 8.43. The van der Waals surface area contributed by atoms with Gasteiger partial charge in [-0.15, -0.1) is 15.3 Å². The number of hydrogen-bond donors (Lipinski definition) is 0. The molecule has 0 aromatic carbocycles. The summed E-state index contributed by atoms with van der Waals surface area (Å²) < 4.78 is 84.5. The van der Waals surface area contributed by atoms with Gasteiger partial charge in [0.1, 0.15) is 24.0 Å². The highest BCUT2D eigenvalue weighted by molar-refractivity contribution is 5.82. The molecule has 0 N–H and O–H groups in total. The predicted octanol–water partition coefficient (Wildman–Crippen LogP) is 3.60. The van der Waals surface area contributed by atoms with Gasteiger partial charge in [-0.1, -0.05) is 0 Å². The Balaban J connectivity index is 1.78. The highest BCUT2D eigenvalue weighted by Crippen LogP contribution is 2.35. The van der Waals surface area contributed by atoms with Gasteiger partial charge in [-0.3, -0.25) is 0 Å². The molecule has 0 amide bonds. The molecular weight excluding hydrogens is 446 g/mol. The Kier molecular flexibility index (Phi) is 5.15. The van der Waals surface area contributed by atoms with Crippen LogP contribution in [0.25, 0.3) is 23.2 Å². The second kappa shape index (κ2) is 7.82. The first-order valence-corrected chi connectivity index (χ1v) is 8.43. The SMILES string of the molecule is FC(F)(F)c1cc(-c2ncn(/C=C(\c3cncnc3)c3nnco3)n2)cc(C(F)(F)F)n1. The van der Waals surface area contributed by atoms with Crippen LogP contribution in [-0.4, -0.2) is 39.9 Å². The fourth-order valence-corrected chi connectivity index (χ4v) is 2.53. The van der Waals surface area contributed by atoms with E-state index in [9.17, 15) is 26.3 Å². The first kappa shape index (κ1) is 21.1. The summed E-state index contributed by atoms with van der Waals surface area (Å²) in [5.74, 6) is -0.353. The number of alkyl halides is 6. The van der Waals surface area contributed by atoms with Crippen molar-refractivity contribution in [3.63, 3.8) is 0 Å². The van der Waals surface area contributed by atoms with Crippen molar-refractivity contribution in [1.82, 2.24) is 39.9 Å². The van der Waals surface area contributed by atoms with E-state index in [0.717, 1.165) is 17.4 Å². The molecule has 164 valence electrons. The van der Waals surface area contributed by atoms with Crippen LogP contribution in [0.2, 0.25) is 0 Å². The van der Waals surface area contributed by atoms with Gasteiger partial charge in [-0.05, 0) is 12.1 Å². The molecule has 4 aromatic heterocycles. The molecule has 0 saturated heterocycles. The zero-order valence-corrected chi connectivity index (χ0v) is 15.4. The van der Waals surface area contributed by atoms with E-state index in [4.69, 9.17) is 4.42 Å². The van der Waals surface area contributed by atoms with Crippen LogP contribution in [0, 0.1) is 0 Å². The summed E-state index contributed by atoms with van der Waals surface area (Å²) in [5, 5.41) is 11.3. The number of hydrogen-bond acceptors (Lipinski definition) is 8. The summed E-state index contributed by atoms with van der Waals surface area (Å²) in [6, 6.07) is 0.866. The van der Waals surface area contributed by atoms with Crippen molar-refractivity contribution in [3.8, 4) is 11.4 Å². The Morgan fingerprint density at radius 1 is 0.969 bits per heavy atom. The van der Waals surface area contributed by atoms with Gasteiger partial charge in [0, 0.05) is 29.7 Å². The molecule has 9 nitrogen and oxygen atoms in total. The molecule has 0 aliphatic heterocycles. The summed E-state index contributed by atoms with van der Waals surface area (Å²) >= 11 is 0. The van der Waals surface area contributed by atoms with Crippen molar-refractivity contribution in [2.75, 3.05) is 0 Å². The summed E-state index contributed by atoms with van der Waals surface area (Å²) in [4.78, 5) is 14.2. The average Bonchev–Trinajstić information content (AvgIpc) is 3.43. The fourth-order valence-electron chi connectivity index (χ4n) is 2.53. The molecule has 0 fully saturated rings. The summed E-state index contributed by atoms with van der Waals surface area (Å²) in [6.45, 7) is 0. The zero-order chi connectivity index (χ0) is 22.9. The van der Waals surface area contributed by atoms with Crippen LogP contribution in [0.5, 0.6) is 0 Å². The van der Waals surface area contributed by atoms with E-state index in [-0.39, 0.29) is 11.5 Å². The lowest BCUT2D eigenvalue weighted by Gasteiger charge is -2.11. The lowest BCUT2D eigenvalue weighted by Crippen LogP contribution is -2.15. The topological polar surface area (TPSA) is 108 Å². The monoisotopic (exact) mass is 454 g/mol. The van der Waals surface area contributed by atoms with Crippen molar-refractivity contribution in [1.29, 1.82) is 0 Å². The summed E-state index contributed by atoms with van der Waals surface area (Å²) in [6.07, 6.45) is -2.61. The van der Waals surface area contributed by atoms with Gasteiger partial charge < -0.3 is 4.42 Å². The molecule has 4 aromatic rings. The molecule has 0 aliphatic rings. The van der Waals surface area contributed by atoms with Crippen molar-refractivity contribution >= 4 is 11.8 Å². The zero-order valence-electron chi connectivity index (χ0n) is 15.4. The third-order valence-corrected chi connectivity index (χ3v) is 3.90. The number of nitrogens with zero attached hydrogens (tertiary/aromatic N) is 8. The van der Waals surface area contributed by atoms with Crippen molar-refractivity contribution < 1.29 is 30.8 Å². The molecule has 4 rings (SSSR count). The van der Waals surface area contributed by atoms with E-state index >= 15 is 0 Å². The van der Waals surface area contributed by atoms with E-state index in [0.29, 0.717) is 17.7 Å². The van der Waals surface area contributed by atoms with Crippen LogP contribution in [0.3, 0.4) is 0 Å². The predicted molar refractivity (Wildman–Crippen MR) is 92.9 cm³/mol. The molecule has 0 radical (unpaired) electrons. The van der Waals surface area contributed by atoms with E-state index in [2.05, 4.69) is 35.2 Å². The van der Waals surface area contributed by atoms with Crippen LogP contribution in [0.15, 0.2) is 48.0 Å². The molecule has 0 saturated carbocycles. The molecule has 4 heterocycles. The van der Waals surface area contributed by atoms with Gasteiger partial charge in [0.25, 0.3) is 0 Å². The second-order valence-corrected chi connectivity index (χ2v) is 6.08. The largest absolute Gasteiger partial charge is 0.433 e. The molecule has 32 heavy (non-hydrogen) atoms. The van der Waals surface area contributed by atoms with Crippen LogP contribution >= 0.6 is 0 Å². The van der Waals surface area contributed by atoms with Gasteiger partial charge in [-0.2, -0.15) is 26.3 Å². The lowest BCUT2D eigenvalue weighted by molar-refractivity contribution is -0.150. The number of rotatable bonds is 4. The van der Waals surface area contributed by atoms with E-state index in [1.165, 1.54) is 24.9 Å². The second-order valence-electron chi connectivity index (χ2n) is 6.08. The minimum absolute atomic E-state index is 0.0412. The summed E-state index contributed by atoms with van der Waals surface area (Å²) in [7, 11) is 0. The van der Waals surface area contributed by atoms with E-state index in [1.807, 2.05) is 0 Å². The van der Waals surface area contributed by atoms with Crippen LogP contribution < -0.4 is 0 Å². The Labute approximate surface area is 173 Å². The van der Waals surface area contributed by atoms with Crippen molar-refractivity contribution in [2.45, 2.75) is 12.4 Å². The Bertz CT molecular complexity index is 1220. The smallest absolute Gasteiger partial charge is 0.423 e. The quantitative estimate of drug-likeness (QED) is 0.431. The standard InChI is InChI=1S/C17H8F6N8O/c18-16(19,20)12-1-9(2-13(28-12)17(21,22)23)14-26-7-31(30-14)5-11(15-29-27-8-32-15)10-3-24-6-25-4-10/h1-8H/b11-5+. The van der Waals surface area contributed by atoms with Crippen molar-refractivity contribution in [3.05, 3.63) is 66.4 Å². The highest BCUT2D eigenvalue weighted by Gasteiger charge is 2.39. The number of aromatic nitrogens is 8.